The number of ether oxygens (including phenoxy) is 5. The lowest BCUT2D eigenvalue weighted by Crippen LogP contribution is -2.63. The fraction of sp³-hybridized carbons (Fsp3) is 0.0337. The van der Waals surface area contributed by atoms with Crippen LogP contribution in [0.5, 0.6) is 57.5 Å². The van der Waals surface area contributed by atoms with Crippen LogP contribution in [-0.2, 0) is 0 Å². The van der Waals surface area contributed by atoms with E-state index in [1.807, 2.05) is 11.3 Å². The fourth-order valence-electron chi connectivity index (χ4n) is 17.1. The number of benzene rings is 13. The Morgan fingerprint density at radius 1 is 0.320 bits per heavy atom. The van der Waals surface area contributed by atoms with Crippen molar-refractivity contribution in [1.82, 2.24) is 0 Å². The number of fused-ring (bicyclic) bond motifs is 16. The number of rotatable bonds is 10. The molecule has 0 bridgehead atoms. The van der Waals surface area contributed by atoms with Gasteiger partial charge in [0.25, 0.3) is 20.1 Å². The summed E-state index contributed by atoms with van der Waals surface area (Å²) in [4.78, 5) is 9.52. The lowest BCUT2D eigenvalue weighted by molar-refractivity contribution is 0.453. The van der Waals surface area contributed by atoms with Crippen molar-refractivity contribution < 1.29 is 23.7 Å². The van der Waals surface area contributed by atoms with E-state index in [1.54, 1.807) is 11.3 Å². The second-order valence-electron chi connectivity index (χ2n) is 27.4. The van der Waals surface area contributed by atoms with Crippen LogP contribution in [0.4, 0.5) is 62.6 Å². The maximum Gasteiger partial charge on any atom is 0.273 e. The van der Waals surface area contributed by atoms with E-state index in [2.05, 4.69) is 342 Å². The molecule has 15 aromatic rings. The van der Waals surface area contributed by atoms with Crippen LogP contribution in [0.25, 0.3) is 20.2 Å². The van der Waals surface area contributed by atoms with Crippen LogP contribution in [-0.4, -0.2) is 26.2 Å². The van der Waals surface area contributed by atoms with E-state index in [0.29, 0.717) is 17.2 Å². The minimum Gasteiger partial charge on any atom is -0.458 e. The van der Waals surface area contributed by atoms with Gasteiger partial charge in [0.2, 0.25) is 0 Å². The molecule has 0 N–H and O–H groups in total. The molecular formula is C89H57B3N4O5S2. The normalized spacial score (nSPS) is 15.3. The third-order valence-corrected chi connectivity index (χ3v) is 23.9. The molecule has 6 aliphatic heterocycles. The van der Waals surface area contributed by atoms with E-state index in [-0.39, 0.29) is 32.1 Å². The highest BCUT2D eigenvalue weighted by Gasteiger charge is 2.50. The van der Waals surface area contributed by atoms with Gasteiger partial charge in [0.1, 0.15) is 57.5 Å². The first kappa shape index (κ1) is 58.4. The number of para-hydroxylation sites is 6. The Labute approximate surface area is 604 Å². The summed E-state index contributed by atoms with van der Waals surface area (Å²) in [5, 5.41) is 2.18. The Morgan fingerprint density at radius 3 is 1.23 bits per heavy atom. The summed E-state index contributed by atoms with van der Waals surface area (Å²) in [5.41, 5.74) is 18.4. The first-order valence-electron chi connectivity index (χ1n) is 35.1. The van der Waals surface area contributed by atoms with Crippen LogP contribution in [0.1, 0.15) is 6.92 Å². The Balaban J connectivity index is 0.790. The van der Waals surface area contributed by atoms with Crippen LogP contribution < -0.4 is 91.1 Å². The summed E-state index contributed by atoms with van der Waals surface area (Å²) >= 11 is 3.62. The van der Waals surface area contributed by atoms with Gasteiger partial charge < -0.3 is 43.3 Å². The van der Waals surface area contributed by atoms with E-state index >= 15 is 0 Å². The quantitative estimate of drug-likeness (QED) is 0.125. The zero-order valence-electron chi connectivity index (χ0n) is 55.6. The molecular weight excluding hydrogens is 1300 g/mol. The highest BCUT2D eigenvalue weighted by atomic mass is 32.1. The molecule has 9 nitrogen and oxygen atoms in total. The number of allylic oxidation sites excluding steroid dienone is 2. The largest absolute Gasteiger partial charge is 0.458 e. The molecule has 103 heavy (non-hydrogen) atoms. The van der Waals surface area contributed by atoms with E-state index in [1.165, 1.54) is 9.48 Å². The molecule has 14 heteroatoms. The van der Waals surface area contributed by atoms with Crippen molar-refractivity contribution in [3.63, 3.8) is 0 Å². The van der Waals surface area contributed by atoms with E-state index in [4.69, 9.17) is 23.7 Å². The maximum absolute atomic E-state index is 7.75. The number of nitrogens with zero attached hydrogens (tertiary/aromatic N) is 4. The van der Waals surface area contributed by atoms with Gasteiger partial charge in [-0.15, -0.1) is 22.7 Å². The Bertz CT molecular complexity index is 6000. The summed E-state index contributed by atoms with van der Waals surface area (Å²) in [6.07, 6.45) is 8.99. The number of hydrogen-bond acceptors (Lipinski definition) is 11. The van der Waals surface area contributed by atoms with Gasteiger partial charge in [0.05, 0.1) is 17.4 Å². The first-order chi connectivity index (χ1) is 51.0. The summed E-state index contributed by atoms with van der Waals surface area (Å²) < 4.78 is 42.4. The minimum absolute atomic E-state index is 0.0176. The highest BCUT2D eigenvalue weighted by molar-refractivity contribution is 7.34. The van der Waals surface area contributed by atoms with E-state index in [0.717, 1.165) is 161 Å². The fourth-order valence-corrected chi connectivity index (χ4v) is 19.6. The van der Waals surface area contributed by atoms with Crippen molar-refractivity contribution >= 4 is 173 Å². The average Bonchev–Trinajstić information content (AvgIpc) is 1.62. The zero-order chi connectivity index (χ0) is 67.5. The van der Waals surface area contributed by atoms with Crippen molar-refractivity contribution in [1.29, 1.82) is 0 Å². The van der Waals surface area contributed by atoms with Gasteiger partial charge in [-0.1, -0.05) is 177 Å². The van der Waals surface area contributed by atoms with Gasteiger partial charge in [0.15, 0.2) is 0 Å². The molecule has 0 amide bonds. The molecule has 8 heterocycles. The molecule has 22 rings (SSSR count). The maximum atomic E-state index is 7.75. The van der Waals surface area contributed by atoms with Crippen molar-refractivity contribution in [2.75, 3.05) is 19.6 Å². The Hall–Kier alpha value is -12.3. The van der Waals surface area contributed by atoms with E-state index in [9.17, 15) is 0 Å². The lowest BCUT2D eigenvalue weighted by Gasteiger charge is -2.43. The van der Waals surface area contributed by atoms with Gasteiger partial charge in [-0.3, -0.25) is 0 Å². The van der Waals surface area contributed by atoms with Crippen molar-refractivity contribution in [3.8, 4) is 57.5 Å². The number of hydrogen-bond donors (Lipinski definition) is 0. The van der Waals surface area contributed by atoms with Gasteiger partial charge in [-0.25, -0.2) is 0 Å². The van der Waals surface area contributed by atoms with Gasteiger partial charge in [-0.2, -0.15) is 0 Å². The standard InChI is InChI=1S/C89H57B3N4O5S2/c1-54-26-20-23-41-70(54)95(59-35-16-6-17-36-59)61-44-72-83-76(45-61)100-86-64-39-21-24-42-81(64)102-88(86)91(83)66-50-67-73(52-71(66)96(72)60-37-18-7-19-38-60)97-77-46-62(93(55-27-8-2-9-28-55)56-29-10-3-11-30-56)47-78-84(77)90(67)68-51-69-75(53-74(68)98-78)99-79-48-63(94(57-31-12-4-13-32-57)58-33-14-5-15-34-58)49-80-85(79)92(69)89-87(101-80)65-40-22-25-43-82(65)103-89/h2-54,70H,1H3. The topological polar surface area (TPSA) is 59.1 Å². The Morgan fingerprint density at radius 2 is 0.718 bits per heavy atom. The van der Waals surface area contributed by atoms with Crippen molar-refractivity contribution in [2.45, 2.75) is 13.0 Å². The van der Waals surface area contributed by atoms with Gasteiger partial charge >= 0.3 is 0 Å². The van der Waals surface area contributed by atoms with Crippen molar-refractivity contribution in [2.24, 2.45) is 5.92 Å². The van der Waals surface area contributed by atoms with Crippen LogP contribution in [0, 0.1) is 5.92 Å². The highest BCUT2D eigenvalue weighted by Crippen LogP contribution is 2.52. The smallest absolute Gasteiger partial charge is 0.273 e. The van der Waals surface area contributed by atoms with Crippen LogP contribution in [0.2, 0.25) is 0 Å². The van der Waals surface area contributed by atoms with Crippen LogP contribution >= 0.6 is 22.7 Å². The van der Waals surface area contributed by atoms with E-state index < -0.39 is 0 Å². The SMILES string of the molecule is CC1C=CC=CC1N(c1ccccc1)c1cc2c3c(c1)N(c1ccccc1)c1cc4c(cc1B3c1sc3ccccc3c1O2)B1c2cc3c(cc2Oc2cc(N(c5ccccc5)c5ccccc5)cc(c21)O4)Oc1cc(N(c2ccccc2)c2ccccc2)cc2c1B3c1sc3ccccc3c1O2. The zero-order valence-corrected chi connectivity index (χ0v) is 57.2. The molecule has 1 aliphatic carbocycles. The molecule has 0 radical (unpaired) electrons. The molecule has 2 aromatic heterocycles. The average molecular weight is 1360 g/mol. The predicted octanol–water partition coefficient (Wildman–Crippen LogP) is 18.2. The number of anilines is 11. The monoisotopic (exact) mass is 1360 g/mol. The molecule has 7 aliphatic rings. The first-order valence-corrected chi connectivity index (χ1v) is 36.8. The molecule has 484 valence electrons. The third kappa shape index (κ3) is 9.00. The molecule has 0 saturated heterocycles. The van der Waals surface area contributed by atoms with Crippen molar-refractivity contribution in [3.05, 3.63) is 315 Å². The second-order valence-corrected chi connectivity index (χ2v) is 29.5. The third-order valence-electron chi connectivity index (χ3n) is 21.5. The summed E-state index contributed by atoms with van der Waals surface area (Å²) in [5.74, 6) is 7.91. The summed E-state index contributed by atoms with van der Waals surface area (Å²) in [7, 11) is 0. The predicted molar refractivity (Wildman–Crippen MR) is 428 cm³/mol. The molecule has 13 aromatic carbocycles. The molecule has 0 spiro atoms. The molecule has 2 unspecified atom stereocenters. The summed E-state index contributed by atoms with van der Waals surface area (Å²) in [6.45, 7) is 1.43. The van der Waals surface area contributed by atoms with Gasteiger partial charge in [0, 0.05) is 134 Å². The van der Waals surface area contributed by atoms with Crippen LogP contribution in [0.3, 0.4) is 0 Å². The Kier molecular flexibility index (Phi) is 13.0. The lowest BCUT2D eigenvalue weighted by atomic mass is 9.31. The second kappa shape index (κ2) is 22.8. The van der Waals surface area contributed by atoms with Gasteiger partial charge in [-0.05, 0) is 136 Å². The number of thiophene rings is 2. The van der Waals surface area contributed by atoms with Crippen LogP contribution in [0.15, 0.2) is 315 Å². The summed E-state index contributed by atoms with van der Waals surface area (Å²) in [6, 6.07) is 104. The molecule has 0 saturated carbocycles. The molecule has 0 fully saturated rings. The minimum atomic E-state index is -0.381. The molecule has 2 atom stereocenters.